The first-order valence-corrected chi connectivity index (χ1v) is 13.0. The molecule has 4 amide bonds. The molecule has 0 radical (unpaired) electrons. The molecule has 0 bridgehead atoms. The van der Waals surface area contributed by atoms with Gasteiger partial charge in [0.2, 0.25) is 5.91 Å². The second-order valence-corrected chi connectivity index (χ2v) is 9.85. The van der Waals surface area contributed by atoms with Gasteiger partial charge in [-0.2, -0.15) is 0 Å². The van der Waals surface area contributed by atoms with E-state index in [1.807, 2.05) is 25.1 Å². The maximum atomic E-state index is 13.0. The van der Waals surface area contributed by atoms with Crippen molar-refractivity contribution in [3.63, 3.8) is 0 Å². The van der Waals surface area contributed by atoms with E-state index in [2.05, 4.69) is 17.2 Å². The predicted octanol–water partition coefficient (Wildman–Crippen LogP) is 6.15. The van der Waals surface area contributed by atoms with Crippen molar-refractivity contribution in [1.29, 1.82) is 0 Å². The summed E-state index contributed by atoms with van der Waals surface area (Å²) in [6.45, 7) is 5.50. The van der Waals surface area contributed by atoms with Gasteiger partial charge in [0.05, 0.1) is 17.2 Å². The summed E-state index contributed by atoms with van der Waals surface area (Å²) in [6, 6.07) is 15.3. The Bertz CT molecular complexity index is 1520. The summed E-state index contributed by atoms with van der Waals surface area (Å²) >= 11 is 12.1. The van der Waals surface area contributed by atoms with Crippen LogP contribution in [0.15, 0.2) is 72.9 Å². The van der Waals surface area contributed by atoms with E-state index in [1.54, 1.807) is 42.5 Å². The Morgan fingerprint density at radius 2 is 1.90 bits per heavy atom. The number of methoxy groups -OCH3 is 1. The second kappa shape index (κ2) is 12.7. The van der Waals surface area contributed by atoms with E-state index in [0.29, 0.717) is 39.2 Å². The molecule has 3 aromatic rings. The lowest BCUT2D eigenvalue weighted by Crippen LogP contribution is -2.38. The maximum absolute atomic E-state index is 13.0. The molecule has 0 unspecified atom stereocenters. The molecule has 0 saturated carbocycles. The van der Waals surface area contributed by atoms with Crippen LogP contribution < -0.4 is 20.1 Å². The van der Waals surface area contributed by atoms with Crippen LogP contribution in [-0.4, -0.2) is 36.4 Å². The minimum absolute atomic E-state index is 0.0319. The summed E-state index contributed by atoms with van der Waals surface area (Å²) in [5.74, 6) is -0.174. The van der Waals surface area contributed by atoms with Gasteiger partial charge in [-0.25, -0.2) is 9.69 Å². The third-order valence-corrected chi connectivity index (χ3v) is 6.72. The van der Waals surface area contributed by atoms with Crippen molar-refractivity contribution in [2.45, 2.75) is 20.0 Å². The van der Waals surface area contributed by atoms with E-state index in [0.717, 1.165) is 21.6 Å². The van der Waals surface area contributed by atoms with E-state index < -0.39 is 24.4 Å². The van der Waals surface area contributed by atoms with Gasteiger partial charge in [0.15, 0.2) is 11.5 Å². The SMILES string of the molecule is C=CCc1cc(/C=C2/NC(=O)N(CC(=O)Nc3cccc(C)c3)C2=O)cc(OC)c1OCc1ccc(Cl)c(Cl)c1. The van der Waals surface area contributed by atoms with Crippen LogP contribution in [0.25, 0.3) is 6.08 Å². The number of hydrogen-bond acceptors (Lipinski definition) is 5. The number of allylic oxidation sites excluding steroid dienone is 1. The molecule has 3 aromatic carbocycles. The highest BCUT2D eigenvalue weighted by Crippen LogP contribution is 2.35. The van der Waals surface area contributed by atoms with E-state index in [4.69, 9.17) is 32.7 Å². The van der Waals surface area contributed by atoms with Crippen LogP contribution in [0.1, 0.15) is 22.3 Å². The van der Waals surface area contributed by atoms with Crippen molar-refractivity contribution in [3.8, 4) is 11.5 Å². The molecule has 1 heterocycles. The van der Waals surface area contributed by atoms with Crippen LogP contribution in [0.5, 0.6) is 11.5 Å². The summed E-state index contributed by atoms with van der Waals surface area (Å²) in [5.41, 5.74) is 3.74. The molecular weight excluding hydrogens is 553 g/mol. The Kier molecular flexibility index (Phi) is 9.14. The maximum Gasteiger partial charge on any atom is 0.329 e. The molecule has 0 atom stereocenters. The van der Waals surface area contributed by atoms with Crippen molar-refractivity contribution >= 4 is 52.8 Å². The Hall–Kier alpha value is -4.27. The number of hydrogen-bond donors (Lipinski definition) is 2. The quantitative estimate of drug-likeness (QED) is 0.170. The molecule has 1 saturated heterocycles. The lowest BCUT2D eigenvalue weighted by molar-refractivity contribution is -0.127. The van der Waals surface area contributed by atoms with Gasteiger partial charge in [-0.05, 0) is 72.5 Å². The van der Waals surface area contributed by atoms with Gasteiger partial charge in [-0.3, -0.25) is 9.59 Å². The van der Waals surface area contributed by atoms with Crippen molar-refractivity contribution in [1.82, 2.24) is 10.2 Å². The topological polar surface area (TPSA) is 97.0 Å². The number of aryl methyl sites for hydroxylation is 1. The van der Waals surface area contributed by atoms with Crippen molar-refractivity contribution < 1.29 is 23.9 Å². The largest absolute Gasteiger partial charge is 0.493 e. The molecule has 2 N–H and O–H groups in total. The minimum atomic E-state index is -0.685. The van der Waals surface area contributed by atoms with Crippen molar-refractivity contribution in [3.05, 3.63) is 105 Å². The standard InChI is InChI=1S/C30H27Cl2N3O5/c1-4-6-21-12-20(15-26(39-3)28(21)40-17-19-9-10-23(31)24(32)13-19)14-25-29(37)35(30(38)34-25)16-27(36)33-22-8-5-7-18(2)11-22/h4-5,7-15H,1,6,16-17H2,2-3H3,(H,33,36)(H,34,38)/b25-14+. The van der Waals surface area contributed by atoms with Gasteiger partial charge in [0.1, 0.15) is 18.8 Å². The van der Waals surface area contributed by atoms with Gasteiger partial charge in [0.25, 0.3) is 5.91 Å². The van der Waals surface area contributed by atoms with Crippen LogP contribution in [0.3, 0.4) is 0 Å². The highest BCUT2D eigenvalue weighted by atomic mass is 35.5. The zero-order valence-corrected chi connectivity index (χ0v) is 23.4. The Balaban J connectivity index is 1.53. The van der Waals surface area contributed by atoms with Crippen LogP contribution in [-0.2, 0) is 22.6 Å². The summed E-state index contributed by atoms with van der Waals surface area (Å²) in [5, 5.41) is 6.12. The molecule has 0 aromatic heterocycles. The van der Waals surface area contributed by atoms with Gasteiger partial charge in [-0.1, -0.05) is 47.5 Å². The molecule has 10 heteroatoms. The first kappa shape index (κ1) is 28.7. The number of nitrogens with one attached hydrogen (secondary N) is 2. The van der Waals surface area contributed by atoms with Crippen LogP contribution in [0.2, 0.25) is 10.0 Å². The summed E-state index contributed by atoms with van der Waals surface area (Å²) in [4.78, 5) is 38.9. The smallest absolute Gasteiger partial charge is 0.329 e. The Morgan fingerprint density at radius 3 is 2.60 bits per heavy atom. The highest BCUT2D eigenvalue weighted by molar-refractivity contribution is 6.42. The fourth-order valence-electron chi connectivity index (χ4n) is 4.12. The average molecular weight is 580 g/mol. The number of benzene rings is 3. The third-order valence-electron chi connectivity index (χ3n) is 5.98. The normalized spacial score (nSPS) is 13.8. The van der Waals surface area contributed by atoms with Gasteiger partial charge in [0, 0.05) is 11.3 Å². The van der Waals surface area contributed by atoms with Gasteiger partial charge in [-0.15, -0.1) is 6.58 Å². The molecule has 206 valence electrons. The van der Waals surface area contributed by atoms with Crippen molar-refractivity contribution in [2.75, 3.05) is 19.0 Å². The monoisotopic (exact) mass is 579 g/mol. The number of rotatable bonds is 10. The fourth-order valence-corrected chi connectivity index (χ4v) is 4.44. The number of anilines is 1. The minimum Gasteiger partial charge on any atom is -0.493 e. The lowest BCUT2D eigenvalue weighted by Gasteiger charge is -2.16. The fraction of sp³-hybridized carbons (Fsp3) is 0.167. The molecule has 8 nitrogen and oxygen atoms in total. The van der Waals surface area contributed by atoms with E-state index in [-0.39, 0.29) is 12.3 Å². The first-order chi connectivity index (χ1) is 19.2. The van der Waals surface area contributed by atoms with Crippen LogP contribution in [0.4, 0.5) is 10.5 Å². The van der Waals surface area contributed by atoms with E-state index in [1.165, 1.54) is 13.2 Å². The zero-order chi connectivity index (χ0) is 28.8. The predicted molar refractivity (Wildman–Crippen MR) is 156 cm³/mol. The van der Waals surface area contributed by atoms with Crippen molar-refractivity contribution in [2.24, 2.45) is 0 Å². The first-order valence-electron chi connectivity index (χ1n) is 12.3. The number of nitrogens with zero attached hydrogens (tertiary/aromatic N) is 1. The number of amides is 4. The third kappa shape index (κ3) is 6.83. The number of imide groups is 1. The number of halogens is 2. The zero-order valence-electron chi connectivity index (χ0n) is 21.9. The second-order valence-electron chi connectivity index (χ2n) is 9.04. The van der Waals surface area contributed by atoms with E-state index >= 15 is 0 Å². The Labute approximate surface area is 242 Å². The van der Waals surface area contributed by atoms with E-state index in [9.17, 15) is 14.4 Å². The summed E-state index contributed by atoms with van der Waals surface area (Å²) in [6.07, 6.45) is 3.70. The van der Waals surface area contributed by atoms with Crippen LogP contribution in [0, 0.1) is 6.92 Å². The number of carbonyl (C=O) groups is 3. The molecule has 1 aliphatic rings. The molecule has 1 fully saturated rings. The summed E-state index contributed by atoms with van der Waals surface area (Å²) in [7, 11) is 1.51. The molecule has 0 aliphatic carbocycles. The molecule has 40 heavy (non-hydrogen) atoms. The number of urea groups is 1. The van der Waals surface area contributed by atoms with Crippen LogP contribution >= 0.6 is 23.2 Å². The highest BCUT2D eigenvalue weighted by Gasteiger charge is 2.35. The molecule has 0 spiro atoms. The molecule has 4 rings (SSSR count). The Morgan fingerprint density at radius 1 is 1.10 bits per heavy atom. The number of carbonyl (C=O) groups excluding carboxylic acids is 3. The molecular formula is C30H27Cl2N3O5. The lowest BCUT2D eigenvalue weighted by atomic mass is 10.0. The van der Waals surface area contributed by atoms with Gasteiger partial charge >= 0.3 is 6.03 Å². The summed E-state index contributed by atoms with van der Waals surface area (Å²) < 4.78 is 11.7. The molecule has 1 aliphatic heterocycles. The average Bonchev–Trinajstić information content (AvgIpc) is 3.17. The number of ether oxygens (including phenoxy) is 2. The van der Waals surface area contributed by atoms with Gasteiger partial charge < -0.3 is 20.1 Å².